The van der Waals surface area contributed by atoms with E-state index in [4.69, 9.17) is 0 Å². The molecule has 1 heterocycles. The summed E-state index contributed by atoms with van der Waals surface area (Å²) < 4.78 is 0. The van der Waals surface area contributed by atoms with Crippen LogP contribution in [0.5, 0.6) is 0 Å². The van der Waals surface area contributed by atoms with E-state index in [0.29, 0.717) is 6.54 Å². The summed E-state index contributed by atoms with van der Waals surface area (Å²) >= 11 is 1.56. The highest BCUT2D eigenvalue weighted by Crippen LogP contribution is 2.22. The molecule has 0 bridgehead atoms. The Morgan fingerprint density at radius 1 is 1.26 bits per heavy atom. The number of carbonyl (C=O) groups is 1. The molecule has 1 aromatic carbocycles. The Balaban J connectivity index is 1.69. The van der Waals surface area contributed by atoms with Gasteiger partial charge in [0.1, 0.15) is 5.01 Å². The number of rotatable bonds is 3. The molecule has 1 amide bonds. The number of nitrogens with one attached hydrogen (secondary N) is 1. The van der Waals surface area contributed by atoms with Gasteiger partial charge >= 0.3 is 0 Å². The average molecular weight is 272 g/mol. The summed E-state index contributed by atoms with van der Waals surface area (Å²) in [7, 11) is 0. The molecule has 0 spiro atoms. The van der Waals surface area contributed by atoms with Crippen LogP contribution in [0.25, 0.3) is 0 Å². The van der Waals surface area contributed by atoms with E-state index in [2.05, 4.69) is 16.4 Å². The molecular weight excluding hydrogens is 256 g/mol. The molecular formula is C15H16N2OS. The van der Waals surface area contributed by atoms with Crippen LogP contribution < -0.4 is 5.32 Å². The summed E-state index contributed by atoms with van der Waals surface area (Å²) in [5.74, 6) is -0.0106. The quantitative estimate of drug-likeness (QED) is 0.933. The third kappa shape index (κ3) is 2.84. The van der Waals surface area contributed by atoms with E-state index >= 15 is 0 Å². The van der Waals surface area contributed by atoms with Crippen LogP contribution in [-0.2, 0) is 19.4 Å². The van der Waals surface area contributed by atoms with Gasteiger partial charge in [-0.2, -0.15) is 0 Å². The Kier molecular flexibility index (Phi) is 3.60. The van der Waals surface area contributed by atoms with Gasteiger partial charge in [0.2, 0.25) is 0 Å². The van der Waals surface area contributed by atoms with Crippen LogP contribution in [0.3, 0.4) is 0 Å². The van der Waals surface area contributed by atoms with Crippen LogP contribution in [-0.4, -0.2) is 10.9 Å². The number of thiazole rings is 1. The number of amides is 1. The molecule has 3 nitrogen and oxygen atoms in total. The molecule has 1 aliphatic carbocycles. The van der Waals surface area contributed by atoms with Crippen LogP contribution in [0.4, 0.5) is 0 Å². The number of hydrogen-bond acceptors (Lipinski definition) is 3. The lowest BCUT2D eigenvalue weighted by atomic mass is 9.90. The van der Waals surface area contributed by atoms with Crippen LogP contribution in [0.2, 0.25) is 0 Å². The number of aryl methyl sites for hydroxylation is 2. The van der Waals surface area contributed by atoms with Gasteiger partial charge in [-0.3, -0.25) is 4.79 Å². The molecule has 0 fully saturated rings. The molecule has 1 aliphatic rings. The lowest BCUT2D eigenvalue weighted by Crippen LogP contribution is -2.23. The second kappa shape index (κ2) is 5.53. The van der Waals surface area contributed by atoms with Crippen molar-refractivity contribution in [2.24, 2.45) is 0 Å². The van der Waals surface area contributed by atoms with Crippen molar-refractivity contribution < 1.29 is 4.79 Å². The van der Waals surface area contributed by atoms with Gasteiger partial charge in [-0.1, -0.05) is 6.07 Å². The van der Waals surface area contributed by atoms with Crippen LogP contribution in [0.15, 0.2) is 29.8 Å². The molecule has 0 saturated heterocycles. The molecule has 1 N–H and O–H groups in total. The fourth-order valence-corrected chi connectivity index (χ4v) is 3.03. The molecule has 0 radical (unpaired) electrons. The van der Waals surface area contributed by atoms with E-state index in [-0.39, 0.29) is 5.91 Å². The molecule has 0 unspecified atom stereocenters. The largest absolute Gasteiger partial charge is 0.346 e. The smallest absolute Gasteiger partial charge is 0.251 e. The monoisotopic (exact) mass is 272 g/mol. The molecule has 2 aromatic rings. The minimum absolute atomic E-state index is 0.0106. The topological polar surface area (TPSA) is 42.0 Å². The van der Waals surface area contributed by atoms with Crippen molar-refractivity contribution >= 4 is 17.2 Å². The second-order valence-electron chi connectivity index (χ2n) is 4.80. The van der Waals surface area contributed by atoms with Crippen molar-refractivity contribution in [3.63, 3.8) is 0 Å². The maximum atomic E-state index is 12.1. The Morgan fingerprint density at radius 2 is 2.11 bits per heavy atom. The van der Waals surface area contributed by atoms with Gasteiger partial charge in [-0.15, -0.1) is 11.3 Å². The summed E-state index contributed by atoms with van der Waals surface area (Å²) in [5, 5.41) is 5.77. The first-order chi connectivity index (χ1) is 9.33. The van der Waals surface area contributed by atoms with Crippen molar-refractivity contribution in [2.45, 2.75) is 32.2 Å². The molecule has 98 valence electrons. The minimum Gasteiger partial charge on any atom is -0.346 e. The highest BCUT2D eigenvalue weighted by atomic mass is 32.1. The first-order valence-corrected chi connectivity index (χ1v) is 7.49. The zero-order chi connectivity index (χ0) is 13.1. The summed E-state index contributed by atoms with van der Waals surface area (Å²) in [6, 6.07) is 6.08. The number of fused-ring (bicyclic) bond motifs is 1. The van der Waals surface area contributed by atoms with Crippen LogP contribution in [0, 0.1) is 0 Å². The predicted octanol–water partition coefficient (Wildman–Crippen LogP) is 2.95. The van der Waals surface area contributed by atoms with E-state index in [1.165, 1.54) is 24.0 Å². The standard InChI is InChI=1S/C15H16N2OS/c18-15(17-10-14-16-7-8-19-14)13-6-5-11-3-1-2-4-12(11)9-13/h5-9H,1-4,10H2,(H,17,18). The van der Waals surface area contributed by atoms with E-state index in [9.17, 15) is 4.79 Å². The van der Waals surface area contributed by atoms with Crippen LogP contribution in [0.1, 0.15) is 39.3 Å². The summed E-state index contributed by atoms with van der Waals surface area (Å²) in [6.07, 6.45) is 6.50. The van der Waals surface area contributed by atoms with Crippen molar-refractivity contribution in [1.29, 1.82) is 0 Å². The number of carbonyl (C=O) groups excluding carboxylic acids is 1. The van der Waals surface area contributed by atoms with Crippen LogP contribution >= 0.6 is 11.3 Å². The second-order valence-corrected chi connectivity index (χ2v) is 5.78. The molecule has 3 rings (SSSR count). The van der Waals surface area contributed by atoms with Gasteiger partial charge in [0, 0.05) is 17.1 Å². The minimum atomic E-state index is -0.0106. The third-order valence-corrected chi connectivity index (χ3v) is 4.27. The number of benzene rings is 1. The maximum absolute atomic E-state index is 12.1. The highest BCUT2D eigenvalue weighted by Gasteiger charge is 2.12. The van der Waals surface area contributed by atoms with Gasteiger partial charge in [0.15, 0.2) is 0 Å². The number of nitrogens with zero attached hydrogens (tertiary/aromatic N) is 1. The van der Waals surface area contributed by atoms with Gasteiger partial charge in [0.05, 0.1) is 6.54 Å². The molecule has 0 atom stereocenters. The zero-order valence-electron chi connectivity index (χ0n) is 10.7. The molecule has 0 saturated carbocycles. The van der Waals surface area contributed by atoms with E-state index in [0.717, 1.165) is 23.4 Å². The molecule has 1 aromatic heterocycles. The zero-order valence-corrected chi connectivity index (χ0v) is 11.5. The van der Waals surface area contributed by atoms with Crippen molar-refractivity contribution in [1.82, 2.24) is 10.3 Å². The molecule has 19 heavy (non-hydrogen) atoms. The van der Waals surface area contributed by atoms with Gasteiger partial charge in [-0.05, 0) is 48.9 Å². The van der Waals surface area contributed by atoms with Crippen molar-refractivity contribution in [3.05, 3.63) is 51.5 Å². The van der Waals surface area contributed by atoms with Gasteiger partial charge in [0.25, 0.3) is 5.91 Å². The normalized spacial score (nSPS) is 13.9. The Bertz CT molecular complexity index is 578. The fourth-order valence-electron chi connectivity index (χ4n) is 2.47. The summed E-state index contributed by atoms with van der Waals surface area (Å²) in [5.41, 5.74) is 3.51. The van der Waals surface area contributed by atoms with E-state index < -0.39 is 0 Å². The third-order valence-electron chi connectivity index (χ3n) is 3.49. The Morgan fingerprint density at radius 3 is 2.89 bits per heavy atom. The fraction of sp³-hybridized carbons (Fsp3) is 0.333. The maximum Gasteiger partial charge on any atom is 0.251 e. The SMILES string of the molecule is O=C(NCc1nccs1)c1ccc2c(c1)CCCC2. The first-order valence-electron chi connectivity index (χ1n) is 6.61. The van der Waals surface area contributed by atoms with E-state index in [1.807, 2.05) is 17.5 Å². The number of hydrogen-bond donors (Lipinski definition) is 1. The number of aromatic nitrogens is 1. The van der Waals surface area contributed by atoms with E-state index in [1.54, 1.807) is 17.5 Å². The lowest BCUT2D eigenvalue weighted by molar-refractivity contribution is 0.0950. The molecule has 4 heteroatoms. The summed E-state index contributed by atoms with van der Waals surface area (Å²) in [6.45, 7) is 0.508. The Labute approximate surface area is 116 Å². The average Bonchev–Trinajstić information content (AvgIpc) is 2.97. The van der Waals surface area contributed by atoms with Crippen molar-refractivity contribution in [2.75, 3.05) is 0 Å². The molecule has 0 aliphatic heterocycles. The Hall–Kier alpha value is -1.68. The first kappa shape index (κ1) is 12.4. The van der Waals surface area contributed by atoms with Crippen molar-refractivity contribution in [3.8, 4) is 0 Å². The lowest BCUT2D eigenvalue weighted by Gasteiger charge is -2.16. The van der Waals surface area contributed by atoms with Gasteiger partial charge < -0.3 is 5.32 Å². The predicted molar refractivity (Wildman–Crippen MR) is 76.4 cm³/mol. The summed E-state index contributed by atoms with van der Waals surface area (Å²) in [4.78, 5) is 16.2. The highest BCUT2D eigenvalue weighted by molar-refractivity contribution is 7.09. The van der Waals surface area contributed by atoms with Gasteiger partial charge in [-0.25, -0.2) is 4.98 Å².